The predicted octanol–water partition coefficient (Wildman–Crippen LogP) is 1.32. The van der Waals surface area contributed by atoms with E-state index in [0.29, 0.717) is 11.3 Å². The number of nitrogens with zero attached hydrogens (tertiary/aromatic N) is 3. The van der Waals surface area contributed by atoms with Crippen molar-refractivity contribution in [2.45, 2.75) is 39.2 Å². The Morgan fingerprint density at radius 2 is 1.76 bits per heavy atom. The van der Waals surface area contributed by atoms with Crippen molar-refractivity contribution >= 4 is 0 Å². The number of hydrogen-bond donors (Lipinski definition) is 1. The van der Waals surface area contributed by atoms with Gasteiger partial charge in [0, 0.05) is 51.4 Å². The lowest BCUT2D eigenvalue weighted by Gasteiger charge is -2.48. The van der Waals surface area contributed by atoms with Crippen molar-refractivity contribution in [2.75, 3.05) is 59.9 Å². The highest BCUT2D eigenvalue weighted by Gasteiger charge is 2.51. The number of nitrogens with two attached hydrogens (primary N) is 1. The smallest absolute Gasteiger partial charge is 0.0363 e. The summed E-state index contributed by atoms with van der Waals surface area (Å²) < 4.78 is 0. The molecule has 2 rings (SSSR count). The van der Waals surface area contributed by atoms with E-state index in [9.17, 15) is 0 Å². The molecule has 0 spiro atoms. The van der Waals surface area contributed by atoms with E-state index in [0.717, 1.165) is 13.1 Å². The molecule has 0 aromatic heterocycles. The molecule has 1 aliphatic carbocycles. The number of piperazine rings is 1. The first-order valence-electron chi connectivity index (χ1n) is 8.61. The molecule has 0 aromatic carbocycles. The summed E-state index contributed by atoms with van der Waals surface area (Å²) in [6.45, 7) is 15.2. The van der Waals surface area contributed by atoms with Gasteiger partial charge in [0.25, 0.3) is 0 Å². The quantitative estimate of drug-likeness (QED) is 0.830. The van der Waals surface area contributed by atoms with Gasteiger partial charge in [-0.3, -0.25) is 9.80 Å². The maximum atomic E-state index is 6.28. The molecule has 0 bridgehead atoms. The van der Waals surface area contributed by atoms with Gasteiger partial charge in [0.05, 0.1) is 0 Å². The molecule has 2 N–H and O–H groups in total. The molecule has 4 heteroatoms. The van der Waals surface area contributed by atoms with Crippen LogP contribution in [0.2, 0.25) is 0 Å². The molecule has 124 valence electrons. The summed E-state index contributed by atoms with van der Waals surface area (Å²) in [5.41, 5.74) is 6.97. The second kappa shape index (κ2) is 6.53. The van der Waals surface area contributed by atoms with Gasteiger partial charge in [0.1, 0.15) is 0 Å². The summed E-state index contributed by atoms with van der Waals surface area (Å²) >= 11 is 0. The first kappa shape index (κ1) is 17.2. The largest absolute Gasteiger partial charge is 0.329 e. The molecule has 2 atom stereocenters. The molecule has 4 nitrogen and oxygen atoms in total. The Kier molecular flexibility index (Phi) is 5.35. The molecule has 2 fully saturated rings. The van der Waals surface area contributed by atoms with Crippen LogP contribution in [0.1, 0.15) is 33.6 Å². The molecule has 21 heavy (non-hydrogen) atoms. The van der Waals surface area contributed by atoms with E-state index in [-0.39, 0.29) is 5.54 Å². The van der Waals surface area contributed by atoms with Gasteiger partial charge < -0.3 is 10.6 Å². The highest BCUT2D eigenvalue weighted by Crippen LogP contribution is 2.50. The monoisotopic (exact) mass is 296 g/mol. The van der Waals surface area contributed by atoms with Crippen LogP contribution < -0.4 is 5.73 Å². The van der Waals surface area contributed by atoms with E-state index in [1.807, 2.05) is 0 Å². The molecule has 0 radical (unpaired) electrons. The molecule has 1 heterocycles. The van der Waals surface area contributed by atoms with Crippen LogP contribution in [-0.4, -0.2) is 80.1 Å². The predicted molar refractivity (Wildman–Crippen MR) is 90.5 cm³/mol. The summed E-state index contributed by atoms with van der Waals surface area (Å²) in [4.78, 5) is 7.60. The minimum Gasteiger partial charge on any atom is -0.329 e. The van der Waals surface area contributed by atoms with Gasteiger partial charge in [0.2, 0.25) is 0 Å². The zero-order valence-electron chi connectivity index (χ0n) is 14.9. The number of likely N-dealkylation sites (N-methyl/N-ethyl adjacent to an activating group) is 1. The highest BCUT2D eigenvalue weighted by molar-refractivity contribution is 5.06. The Morgan fingerprint density at radius 1 is 1.14 bits per heavy atom. The van der Waals surface area contributed by atoms with E-state index in [1.165, 1.54) is 45.6 Å². The van der Waals surface area contributed by atoms with E-state index in [1.54, 1.807) is 0 Å². The van der Waals surface area contributed by atoms with Crippen LogP contribution in [0, 0.1) is 11.3 Å². The van der Waals surface area contributed by atoms with E-state index in [2.05, 4.69) is 49.6 Å². The molecule has 1 aliphatic heterocycles. The van der Waals surface area contributed by atoms with E-state index < -0.39 is 0 Å². The molecule has 0 aromatic rings. The van der Waals surface area contributed by atoms with E-state index in [4.69, 9.17) is 5.73 Å². The summed E-state index contributed by atoms with van der Waals surface area (Å²) in [6.07, 6.45) is 2.57. The minimum absolute atomic E-state index is 0.247. The van der Waals surface area contributed by atoms with Crippen LogP contribution >= 0.6 is 0 Å². The second-order valence-corrected chi connectivity index (χ2v) is 8.39. The molecular weight excluding hydrogens is 260 g/mol. The summed E-state index contributed by atoms with van der Waals surface area (Å²) in [7, 11) is 4.31. The average Bonchev–Trinajstić information content (AvgIpc) is 2.67. The Balaban J connectivity index is 1.94. The molecule has 1 saturated carbocycles. The SMILES string of the molecule is CC1CC(C)(C)CC1(CN)N1CCN(CCN(C)C)CC1. The maximum absolute atomic E-state index is 6.28. The molecule has 1 saturated heterocycles. The van der Waals surface area contributed by atoms with E-state index >= 15 is 0 Å². The molecule has 2 unspecified atom stereocenters. The zero-order valence-corrected chi connectivity index (χ0v) is 14.9. The Hall–Kier alpha value is -0.160. The fourth-order valence-electron chi connectivity index (χ4n) is 4.68. The fraction of sp³-hybridized carbons (Fsp3) is 1.00. The average molecular weight is 297 g/mol. The van der Waals surface area contributed by atoms with Crippen LogP contribution in [0.3, 0.4) is 0 Å². The third-order valence-corrected chi connectivity index (χ3v) is 5.78. The molecule has 2 aliphatic rings. The third kappa shape index (κ3) is 3.79. The van der Waals surface area contributed by atoms with Gasteiger partial charge in [-0.25, -0.2) is 0 Å². The minimum atomic E-state index is 0.247. The topological polar surface area (TPSA) is 35.7 Å². The van der Waals surface area contributed by atoms with Gasteiger partial charge in [0.15, 0.2) is 0 Å². The van der Waals surface area contributed by atoms with Gasteiger partial charge in [-0.15, -0.1) is 0 Å². The van der Waals surface area contributed by atoms with Crippen molar-refractivity contribution in [3.8, 4) is 0 Å². The first-order valence-corrected chi connectivity index (χ1v) is 8.61. The number of rotatable bonds is 5. The summed E-state index contributed by atoms with van der Waals surface area (Å²) in [6, 6.07) is 0. The van der Waals surface area contributed by atoms with Crippen molar-refractivity contribution in [1.29, 1.82) is 0 Å². The number of hydrogen-bond acceptors (Lipinski definition) is 4. The summed E-state index contributed by atoms with van der Waals surface area (Å²) in [5.74, 6) is 0.714. The fourth-order valence-corrected chi connectivity index (χ4v) is 4.68. The zero-order chi connectivity index (χ0) is 15.7. The lowest BCUT2D eigenvalue weighted by molar-refractivity contribution is 0.0120. The normalized spacial score (nSPS) is 34.7. The highest BCUT2D eigenvalue weighted by atomic mass is 15.3. The second-order valence-electron chi connectivity index (χ2n) is 8.39. The van der Waals surface area contributed by atoms with Crippen molar-refractivity contribution in [1.82, 2.24) is 14.7 Å². The Morgan fingerprint density at radius 3 is 2.19 bits per heavy atom. The lowest BCUT2D eigenvalue weighted by Crippen LogP contribution is -2.62. The van der Waals surface area contributed by atoms with Crippen molar-refractivity contribution in [2.24, 2.45) is 17.1 Å². The van der Waals surface area contributed by atoms with Gasteiger partial charge in [-0.05, 0) is 38.3 Å². The third-order valence-electron chi connectivity index (χ3n) is 5.78. The van der Waals surface area contributed by atoms with Gasteiger partial charge in [-0.2, -0.15) is 0 Å². The standard InChI is InChI=1S/C17H36N4/c1-15-12-16(2,3)13-17(15,14-18)21-10-8-20(9-11-21)7-6-19(4)5/h15H,6-14,18H2,1-5H3. The van der Waals surface area contributed by atoms with Crippen molar-refractivity contribution in [3.63, 3.8) is 0 Å². The van der Waals surface area contributed by atoms with Crippen LogP contribution in [0.4, 0.5) is 0 Å². The van der Waals surface area contributed by atoms with Crippen LogP contribution in [0.5, 0.6) is 0 Å². The Labute approximate surface area is 131 Å². The van der Waals surface area contributed by atoms with Crippen LogP contribution in [0.25, 0.3) is 0 Å². The van der Waals surface area contributed by atoms with Crippen molar-refractivity contribution in [3.05, 3.63) is 0 Å². The van der Waals surface area contributed by atoms with Gasteiger partial charge >= 0.3 is 0 Å². The lowest BCUT2D eigenvalue weighted by atomic mass is 9.84. The van der Waals surface area contributed by atoms with Crippen molar-refractivity contribution < 1.29 is 0 Å². The van der Waals surface area contributed by atoms with Crippen LogP contribution in [-0.2, 0) is 0 Å². The summed E-state index contributed by atoms with van der Waals surface area (Å²) in [5, 5.41) is 0. The molecular formula is C17H36N4. The Bertz CT molecular complexity index is 334. The van der Waals surface area contributed by atoms with Gasteiger partial charge in [-0.1, -0.05) is 20.8 Å². The maximum Gasteiger partial charge on any atom is 0.0363 e. The van der Waals surface area contributed by atoms with Crippen LogP contribution in [0.15, 0.2) is 0 Å². The molecule has 0 amide bonds. The first-order chi connectivity index (χ1) is 9.79.